The predicted molar refractivity (Wildman–Crippen MR) is 74.5 cm³/mol. The number of benzene rings is 1. The molecule has 5 atom stereocenters. The summed E-state index contributed by atoms with van der Waals surface area (Å²) < 4.78 is 0. The molecule has 0 radical (unpaired) electrons. The van der Waals surface area contributed by atoms with Crippen LogP contribution in [0.3, 0.4) is 0 Å². The quantitative estimate of drug-likeness (QED) is 0.851. The SMILES string of the molecule is CNC(C1CC1c1ccccc1)C1C2CCCC21. The van der Waals surface area contributed by atoms with Crippen molar-refractivity contribution in [2.24, 2.45) is 23.7 Å². The maximum Gasteiger partial charge on any atom is 0.0132 e. The Bertz CT molecular complexity index is 416. The molecule has 3 saturated carbocycles. The van der Waals surface area contributed by atoms with E-state index in [4.69, 9.17) is 0 Å². The Labute approximate surface area is 110 Å². The van der Waals surface area contributed by atoms with Crippen molar-refractivity contribution in [3.63, 3.8) is 0 Å². The first-order chi connectivity index (χ1) is 8.90. The van der Waals surface area contributed by atoms with Crippen LogP contribution >= 0.6 is 0 Å². The minimum Gasteiger partial charge on any atom is -0.316 e. The summed E-state index contributed by atoms with van der Waals surface area (Å²) >= 11 is 0. The van der Waals surface area contributed by atoms with E-state index in [1.165, 1.54) is 25.7 Å². The van der Waals surface area contributed by atoms with Crippen LogP contribution in [0.5, 0.6) is 0 Å². The van der Waals surface area contributed by atoms with Crippen LogP contribution in [0.15, 0.2) is 30.3 Å². The van der Waals surface area contributed by atoms with E-state index in [0.717, 1.165) is 35.6 Å². The fourth-order valence-corrected chi connectivity index (χ4v) is 4.80. The molecule has 0 spiro atoms. The molecule has 3 aliphatic rings. The van der Waals surface area contributed by atoms with Gasteiger partial charge in [0.2, 0.25) is 0 Å². The standard InChI is InChI=1S/C17H23N/c1-18-17(16-12-8-5-9-13(12)16)15-10-14(15)11-6-3-2-4-7-11/h2-4,6-7,12-18H,5,8-10H2,1H3. The first-order valence-electron chi connectivity index (χ1n) is 7.62. The predicted octanol–water partition coefficient (Wildman–Crippen LogP) is 3.42. The van der Waals surface area contributed by atoms with Crippen molar-refractivity contribution in [2.75, 3.05) is 7.05 Å². The smallest absolute Gasteiger partial charge is 0.0132 e. The zero-order valence-corrected chi connectivity index (χ0v) is 11.2. The highest BCUT2D eigenvalue weighted by atomic mass is 14.9. The molecule has 0 saturated heterocycles. The van der Waals surface area contributed by atoms with Crippen molar-refractivity contribution in [1.82, 2.24) is 5.32 Å². The molecule has 3 aliphatic carbocycles. The molecule has 18 heavy (non-hydrogen) atoms. The lowest BCUT2D eigenvalue weighted by Crippen LogP contribution is -2.32. The van der Waals surface area contributed by atoms with Crippen LogP contribution in [0.4, 0.5) is 0 Å². The minimum absolute atomic E-state index is 0.797. The number of hydrogen-bond acceptors (Lipinski definition) is 1. The average molecular weight is 241 g/mol. The molecule has 96 valence electrons. The summed E-state index contributed by atoms with van der Waals surface area (Å²) in [5.74, 6) is 4.93. The molecule has 1 aromatic carbocycles. The van der Waals surface area contributed by atoms with E-state index >= 15 is 0 Å². The van der Waals surface area contributed by atoms with E-state index in [0.29, 0.717) is 0 Å². The van der Waals surface area contributed by atoms with Gasteiger partial charge in [0.1, 0.15) is 0 Å². The fourth-order valence-electron chi connectivity index (χ4n) is 4.80. The normalized spacial score (nSPS) is 42.4. The molecular weight excluding hydrogens is 218 g/mol. The first-order valence-corrected chi connectivity index (χ1v) is 7.62. The zero-order valence-electron chi connectivity index (χ0n) is 11.2. The summed E-state index contributed by atoms with van der Waals surface area (Å²) in [5.41, 5.74) is 1.56. The van der Waals surface area contributed by atoms with Crippen molar-refractivity contribution in [3.8, 4) is 0 Å². The van der Waals surface area contributed by atoms with Crippen LogP contribution in [-0.2, 0) is 0 Å². The second-order valence-corrected chi connectivity index (χ2v) is 6.57. The van der Waals surface area contributed by atoms with E-state index in [1.807, 2.05) is 0 Å². The van der Waals surface area contributed by atoms with Gasteiger partial charge in [-0.1, -0.05) is 36.8 Å². The highest BCUT2D eigenvalue weighted by Crippen LogP contribution is 2.63. The van der Waals surface area contributed by atoms with Crippen LogP contribution in [0.1, 0.15) is 37.2 Å². The summed E-state index contributed by atoms with van der Waals surface area (Å²) in [5, 5.41) is 3.65. The molecule has 0 aliphatic heterocycles. The van der Waals surface area contributed by atoms with E-state index in [2.05, 4.69) is 42.7 Å². The number of hydrogen-bond donors (Lipinski definition) is 1. The molecule has 0 bridgehead atoms. The molecule has 1 N–H and O–H groups in total. The van der Waals surface area contributed by atoms with E-state index < -0.39 is 0 Å². The Hall–Kier alpha value is -0.820. The number of rotatable bonds is 4. The summed E-state index contributed by atoms with van der Waals surface area (Å²) in [6.45, 7) is 0. The molecule has 4 rings (SSSR count). The third kappa shape index (κ3) is 1.64. The molecule has 1 nitrogen and oxygen atoms in total. The van der Waals surface area contributed by atoms with Gasteiger partial charge in [0, 0.05) is 6.04 Å². The summed E-state index contributed by atoms with van der Waals surface area (Å²) in [4.78, 5) is 0. The molecule has 0 heterocycles. The van der Waals surface area contributed by atoms with E-state index in [-0.39, 0.29) is 0 Å². The Morgan fingerprint density at radius 1 is 1.11 bits per heavy atom. The summed E-state index contributed by atoms with van der Waals surface area (Å²) in [6.07, 6.45) is 5.92. The second kappa shape index (κ2) is 4.09. The summed E-state index contributed by atoms with van der Waals surface area (Å²) in [6, 6.07) is 11.9. The Morgan fingerprint density at radius 2 is 1.83 bits per heavy atom. The molecule has 1 aromatic rings. The van der Waals surface area contributed by atoms with Gasteiger partial charge in [-0.2, -0.15) is 0 Å². The van der Waals surface area contributed by atoms with Gasteiger partial charge in [0.15, 0.2) is 0 Å². The third-order valence-electron chi connectivity index (χ3n) is 5.75. The van der Waals surface area contributed by atoms with Crippen molar-refractivity contribution in [2.45, 2.75) is 37.6 Å². The van der Waals surface area contributed by atoms with Crippen LogP contribution < -0.4 is 5.32 Å². The van der Waals surface area contributed by atoms with Gasteiger partial charge < -0.3 is 5.32 Å². The number of nitrogens with one attached hydrogen (secondary N) is 1. The van der Waals surface area contributed by atoms with Crippen molar-refractivity contribution < 1.29 is 0 Å². The van der Waals surface area contributed by atoms with Crippen molar-refractivity contribution in [1.29, 1.82) is 0 Å². The average Bonchev–Trinajstić information content (AvgIpc) is 3.30. The third-order valence-corrected chi connectivity index (χ3v) is 5.75. The lowest BCUT2D eigenvalue weighted by Gasteiger charge is -2.18. The summed E-state index contributed by atoms with van der Waals surface area (Å²) in [7, 11) is 2.18. The van der Waals surface area contributed by atoms with Gasteiger partial charge in [-0.05, 0) is 61.5 Å². The monoisotopic (exact) mass is 241 g/mol. The molecule has 0 aromatic heterocycles. The van der Waals surface area contributed by atoms with Gasteiger partial charge >= 0.3 is 0 Å². The van der Waals surface area contributed by atoms with E-state index in [1.54, 1.807) is 5.56 Å². The molecule has 1 heteroatoms. The molecule has 3 fully saturated rings. The zero-order chi connectivity index (χ0) is 12.1. The lowest BCUT2D eigenvalue weighted by atomic mass is 9.97. The maximum atomic E-state index is 3.65. The van der Waals surface area contributed by atoms with Crippen molar-refractivity contribution in [3.05, 3.63) is 35.9 Å². The van der Waals surface area contributed by atoms with E-state index in [9.17, 15) is 0 Å². The molecule has 0 amide bonds. The van der Waals surface area contributed by atoms with Crippen LogP contribution in [-0.4, -0.2) is 13.1 Å². The minimum atomic E-state index is 0.797. The van der Waals surface area contributed by atoms with Crippen LogP contribution in [0.2, 0.25) is 0 Å². The Kier molecular flexibility index (Phi) is 2.51. The molecule has 5 unspecified atom stereocenters. The number of fused-ring (bicyclic) bond motifs is 1. The van der Waals surface area contributed by atoms with Gasteiger partial charge in [-0.25, -0.2) is 0 Å². The fraction of sp³-hybridized carbons (Fsp3) is 0.647. The first kappa shape index (κ1) is 11.0. The van der Waals surface area contributed by atoms with Crippen molar-refractivity contribution >= 4 is 0 Å². The Morgan fingerprint density at radius 3 is 2.50 bits per heavy atom. The Balaban J connectivity index is 1.45. The van der Waals surface area contributed by atoms with Gasteiger partial charge in [-0.3, -0.25) is 0 Å². The highest BCUT2D eigenvalue weighted by Gasteiger charge is 2.60. The largest absolute Gasteiger partial charge is 0.316 e. The van der Waals surface area contributed by atoms with Crippen LogP contribution in [0, 0.1) is 23.7 Å². The van der Waals surface area contributed by atoms with Gasteiger partial charge in [-0.15, -0.1) is 0 Å². The van der Waals surface area contributed by atoms with Gasteiger partial charge in [0.25, 0.3) is 0 Å². The topological polar surface area (TPSA) is 12.0 Å². The highest BCUT2D eigenvalue weighted by molar-refractivity contribution is 5.28. The second-order valence-electron chi connectivity index (χ2n) is 6.57. The lowest BCUT2D eigenvalue weighted by molar-refractivity contribution is 0.387. The van der Waals surface area contributed by atoms with Gasteiger partial charge in [0.05, 0.1) is 0 Å². The molecular formula is C17H23N. The van der Waals surface area contributed by atoms with Crippen LogP contribution in [0.25, 0.3) is 0 Å². The maximum absolute atomic E-state index is 3.65.